The molecule has 0 aromatic carbocycles. The van der Waals surface area contributed by atoms with E-state index in [9.17, 15) is 4.79 Å². The molecule has 0 saturated carbocycles. The van der Waals surface area contributed by atoms with E-state index < -0.39 is 5.97 Å². The summed E-state index contributed by atoms with van der Waals surface area (Å²) in [5.74, 6) is -0.495. The zero-order chi connectivity index (χ0) is 12.5. The van der Waals surface area contributed by atoms with Gasteiger partial charge in [-0.2, -0.15) is 0 Å². The molecule has 0 bridgehead atoms. The molecule has 6 nitrogen and oxygen atoms in total. The van der Waals surface area contributed by atoms with Crippen LogP contribution >= 0.6 is 0 Å². The van der Waals surface area contributed by atoms with E-state index in [2.05, 4.69) is 15.3 Å². The van der Waals surface area contributed by atoms with Crippen LogP contribution in [0, 0.1) is 0 Å². The van der Waals surface area contributed by atoms with Gasteiger partial charge in [0.1, 0.15) is 5.82 Å². The van der Waals surface area contributed by atoms with Crippen LogP contribution in [0.5, 0.6) is 0 Å². The first kappa shape index (κ1) is 13.4. The van der Waals surface area contributed by atoms with Crippen LogP contribution in [0.2, 0.25) is 0 Å². The number of carboxylic acids is 1. The number of hydrogen-bond donors (Lipinski definition) is 3. The number of aromatic nitrogens is 2. The highest BCUT2D eigenvalue weighted by Gasteiger charge is 2.03. The molecule has 0 aliphatic carbocycles. The molecule has 0 spiro atoms. The summed E-state index contributed by atoms with van der Waals surface area (Å²) in [7, 11) is 0. The monoisotopic (exact) mass is 239 g/mol. The van der Waals surface area contributed by atoms with E-state index in [1.165, 1.54) is 12.4 Å². The molecule has 6 heteroatoms. The van der Waals surface area contributed by atoms with Crippen LogP contribution in [0.25, 0.3) is 0 Å². The molecule has 1 rings (SSSR count). The first-order chi connectivity index (χ1) is 8.24. The lowest BCUT2D eigenvalue weighted by Gasteiger charge is -2.04. The number of unbranched alkanes of at least 4 members (excludes halogenated alkanes) is 3. The predicted molar refractivity (Wildman–Crippen MR) is 63.0 cm³/mol. The molecule has 1 aromatic rings. The molecule has 0 atom stereocenters. The molecule has 94 valence electrons. The lowest BCUT2D eigenvalue weighted by Crippen LogP contribution is -2.06. The fourth-order valence-corrected chi connectivity index (χ4v) is 1.34. The van der Waals surface area contributed by atoms with Crippen molar-refractivity contribution >= 4 is 11.8 Å². The van der Waals surface area contributed by atoms with Gasteiger partial charge in [0.05, 0.1) is 12.4 Å². The van der Waals surface area contributed by atoms with E-state index in [0.29, 0.717) is 5.82 Å². The minimum absolute atomic E-state index is 0.0569. The molecule has 0 fully saturated rings. The van der Waals surface area contributed by atoms with Gasteiger partial charge in [0.15, 0.2) is 5.69 Å². The normalized spacial score (nSPS) is 10.2. The maximum Gasteiger partial charge on any atom is 0.356 e. The van der Waals surface area contributed by atoms with Gasteiger partial charge in [0, 0.05) is 13.2 Å². The largest absolute Gasteiger partial charge is 0.476 e. The van der Waals surface area contributed by atoms with Crippen molar-refractivity contribution in [2.45, 2.75) is 25.7 Å². The molecule has 0 radical (unpaired) electrons. The second-order valence-electron chi connectivity index (χ2n) is 3.66. The number of hydrogen-bond acceptors (Lipinski definition) is 5. The minimum Gasteiger partial charge on any atom is -0.476 e. The summed E-state index contributed by atoms with van der Waals surface area (Å²) in [6.07, 6.45) is 6.54. The van der Waals surface area contributed by atoms with Gasteiger partial charge in [-0.1, -0.05) is 12.8 Å². The molecule has 1 aromatic heterocycles. The number of rotatable bonds is 8. The van der Waals surface area contributed by atoms with Gasteiger partial charge in [0.2, 0.25) is 0 Å². The maximum atomic E-state index is 10.5. The summed E-state index contributed by atoms with van der Waals surface area (Å²) in [6.45, 7) is 1.02. The molecule has 3 N–H and O–H groups in total. The minimum atomic E-state index is -1.08. The molecule has 17 heavy (non-hydrogen) atoms. The van der Waals surface area contributed by atoms with Gasteiger partial charge in [-0.25, -0.2) is 14.8 Å². The number of anilines is 1. The Labute approximate surface area is 99.7 Å². The number of carboxylic acid groups (broad SMARTS) is 1. The number of nitrogens with zero attached hydrogens (tertiary/aromatic N) is 2. The van der Waals surface area contributed by atoms with Crippen molar-refractivity contribution < 1.29 is 15.0 Å². The first-order valence-corrected chi connectivity index (χ1v) is 5.64. The highest BCUT2D eigenvalue weighted by Crippen LogP contribution is 2.03. The maximum absolute atomic E-state index is 10.5. The second-order valence-corrected chi connectivity index (χ2v) is 3.66. The Morgan fingerprint density at radius 3 is 2.53 bits per heavy atom. The van der Waals surface area contributed by atoms with Crippen molar-refractivity contribution in [3.05, 3.63) is 18.1 Å². The molecule has 1 heterocycles. The van der Waals surface area contributed by atoms with E-state index in [-0.39, 0.29) is 12.3 Å². The van der Waals surface area contributed by atoms with Gasteiger partial charge in [0.25, 0.3) is 0 Å². The van der Waals surface area contributed by atoms with Crippen molar-refractivity contribution in [2.24, 2.45) is 0 Å². The Kier molecular flexibility index (Phi) is 5.95. The predicted octanol–water partition coefficient (Wildman–Crippen LogP) is 1.14. The van der Waals surface area contributed by atoms with Crippen LogP contribution in [0.4, 0.5) is 5.82 Å². The molecule has 0 saturated heterocycles. The fraction of sp³-hybridized carbons (Fsp3) is 0.545. The van der Waals surface area contributed by atoms with E-state index in [4.69, 9.17) is 10.2 Å². The third-order valence-corrected chi connectivity index (χ3v) is 2.26. The summed E-state index contributed by atoms with van der Waals surface area (Å²) in [6, 6.07) is 0. The van der Waals surface area contributed by atoms with Crippen LogP contribution in [0.1, 0.15) is 36.2 Å². The number of aromatic carboxylic acids is 1. The van der Waals surface area contributed by atoms with Gasteiger partial charge in [-0.05, 0) is 12.8 Å². The van der Waals surface area contributed by atoms with E-state index in [0.717, 1.165) is 32.2 Å². The summed E-state index contributed by atoms with van der Waals surface area (Å²) in [5.41, 5.74) is -0.0569. The van der Waals surface area contributed by atoms with Gasteiger partial charge in [-0.3, -0.25) is 0 Å². The van der Waals surface area contributed by atoms with Gasteiger partial charge < -0.3 is 15.5 Å². The first-order valence-electron chi connectivity index (χ1n) is 5.64. The summed E-state index contributed by atoms with van der Waals surface area (Å²) in [4.78, 5) is 18.2. The molecule has 0 aliphatic rings. The summed E-state index contributed by atoms with van der Waals surface area (Å²) >= 11 is 0. The zero-order valence-electron chi connectivity index (χ0n) is 9.59. The molecular formula is C11H17N3O3. The van der Waals surface area contributed by atoms with E-state index in [1.54, 1.807) is 0 Å². The van der Waals surface area contributed by atoms with Gasteiger partial charge >= 0.3 is 5.97 Å². The number of aliphatic hydroxyl groups is 1. The lowest BCUT2D eigenvalue weighted by atomic mass is 10.2. The summed E-state index contributed by atoms with van der Waals surface area (Å²) < 4.78 is 0. The van der Waals surface area contributed by atoms with Crippen LogP contribution in [0.15, 0.2) is 12.4 Å². The Hall–Kier alpha value is -1.69. The van der Waals surface area contributed by atoms with Crippen molar-refractivity contribution in [3.8, 4) is 0 Å². The SMILES string of the molecule is O=C(O)c1cnc(NCCCCCCO)cn1. The van der Waals surface area contributed by atoms with Crippen LogP contribution in [-0.4, -0.2) is 39.3 Å². The second kappa shape index (κ2) is 7.56. The average molecular weight is 239 g/mol. The molecule has 0 unspecified atom stereocenters. The molecule has 0 amide bonds. The van der Waals surface area contributed by atoms with Crippen molar-refractivity contribution in [1.29, 1.82) is 0 Å². The number of carbonyl (C=O) groups is 1. The van der Waals surface area contributed by atoms with Crippen molar-refractivity contribution in [3.63, 3.8) is 0 Å². The Balaban J connectivity index is 2.21. The topological polar surface area (TPSA) is 95.3 Å². The quantitative estimate of drug-likeness (QED) is 0.589. The van der Waals surface area contributed by atoms with Crippen molar-refractivity contribution in [1.82, 2.24) is 9.97 Å². The highest BCUT2D eigenvalue weighted by molar-refractivity contribution is 5.84. The third kappa shape index (κ3) is 5.26. The Bertz CT molecular complexity index is 340. The number of nitrogens with one attached hydrogen (secondary N) is 1. The van der Waals surface area contributed by atoms with E-state index in [1.807, 2.05) is 0 Å². The third-order valence-electron chi connectivity index (χ3n) is 2.26. The standard InChI is InChI=1S/C11H17N3O3/c15-6-4-2-1-3-5-12-10-8-13-9(7-14-10)11(16)17/h7-8,15H,1-6H2,(H,12,14)(H,16,17). The fourth-order valence-electron chi connectivity index (χ4n) is 1.34. The van der Waals surface area contributed by atoms with Crippen LogP contribution in [-0.2, 0) is 0 Å². The van der Waals surface area contributed by atoms with E-state index >= 15 is 0 Å². The Morgan fingerprint density at radius 2 is 1.94 bits per heavy atom. The Morgan fingerprint density at radius 1 is 1.18 bits per heavy atom. The molecule has 0 aliphatic heterocycles. The van der Waals surface area contributed by atoms with Gasteiger partial charge in [-0.15, -0.1) is 0 Å². The highest BCUT2D eigenvalue weighted by atomic mass is 16.4. The number of aliphatic hydroxyl groups excluding tert-OH is 1. The van der Waals surface area contributed by atoms with Crippen LogP contribution in [0.3, 0.4) is 0 Å². The van der Waals surface area contributed by atoms with Crippen LogP contribution < -0.4 is 5.32 Å². The van der Waals surface area contributed by atoms with Crippen molar-refractivity contribution in [2.75, 3.05) is 18.5 Å². The average Bonchev–Trinajstić information content (AvgIpc) is 2.34. The smallest absolute Gasteiger partial charge is 0.356 e. The molecular weight excluding hydrogens is 222 g/mol. The zero-order valence-corrected chi connectivity index (χ0v) is 9.59. The summed E-state index contributed by atoms with van der Waals surface area (Å²) in [5, 5.41) is 20.3. The lowest BCUT2D eigenvalue weighted by molar-refractivity contribution is 0.0690.